The van der Waals surface area contributed by atoms with E-state index in [-0.39, 0.29) is 17.9 Å². The number of hydrogen-bond donors (Lipinski definition) is 2. The van der Waals surface area contributed by atoms with Crippen molar-refractivity contribution in [2.24, 2.45) is 5.92 Å². The summed E-state index contributed by atoms with van der Waals surface area (Å²) in [6.45, 7) is 1.00. The van der Waals surface area contributed by atoms with E-state index in [1.54, 1.807) is 6.07 Å². The van der Waals surface area contributed by atoms with Crippen molar-refractivity contribution in [2.45, 2.75) is 6.04 Å². The van der Waals surface area contributed by atoms with E-state index in [9.17, 15) is 4.79 Å². The summed E-state index contributed by atoms with van der Waals surface area (Å²) in [5.74, 6) is 0.161. The van der Waals surface area contributed by atoms with Gasteiger partial charge in [0.1, 0.15) is 6.26 Å². The fourth-order valence-corrected chi connectivity index (χ4v) is 1.59. The zero-order chi connectivity index (χ0) is 10.7. The number of amides is 1. The number of likely N-dealkylation sites (N-methyl/N-ethyl adjacent to an activating group) is 1. The van der Waals surface area contributed by atoms with Gasteiger partial charge >= 0.3 is 0 Å². The van der Waals surface area contributed by atoms with E-state index in [4.69, 9.17) is 4.74 Å². The first-order chi connectivity index (χ1) is 7.31. The van der Waals surface area contributed by atoms with Crippen molar-refractivity contribution in [1.29, 1.82) is 0 Å². The third-order valence-electron chi connectivity index (χ3n) is 2.48. The Morgan fingerprint density at radius 1 is 1.60 bits per heavy atom. The molecule has 0 aliphatic carbocycles. The van der Waals surface area contributed by atoms with Crippen LogP contribution in [0.25, 0.3) is 0 Å². The van der Waals surface area contributed by atoms with E-state index < -0.39 is 0 Å². The second kappa shape index (κ2) is 4.41. The second-order valence-electron chi connectivity index (χ2n) is 3.41. The summed E-state index contributed by atoms with van der Waals surface area (Å²) in [5.41, 5.74) is 0. The Hall–Kier alpha value is -1.40. The highest BCUT2D eigenvalue weighted by Gasteiger charge is 2.33. The molecule has 82 valence electrons. The lowest BCUT2D eigenvalue weighted by atomic mass is 10.0. The molecular formula is C9H13N3O3. The van der Waals surface area contributed by atoms with E-state index in [0.29, 0.717) is 19.0 Å². The second-order valence-corrected chi connectivity index (χ2v) is 3.41. The quantitative estimate of drug-likeness (QED) is 0.727. The summed E-state index contributed by atoms with van der Waals surface area (Å²) in [5, 5.41) is 9.32. The van der Waals surface area contributed by atoms with Gasteiger partial charge in [0.25, 0.3) is 0 Å². The smallest absolute Gasteiger partial charge is 0.232 e. The van der Waals surface area contributed by atoms with E-state index in [0.717, 1.165) is 0 Å². The third kappa shape index (κ3) is 2.16. The number of anilines is 1. The van der Waals surface area contributed by atoms with Crippen molar-refractivity contribution < 1.29 is 14.1 Å². The lowest BCUT2D eigenvalue weighted by Crippen LogP contribution is -2.39. The molecule has 2 atom stereocenters. The number of carbonyl (C=O) groups is 1. The summed E-state index contributed by atoms with van der Waals surface area (Å²) in [6.07, 6.45) is 1.41. The molecule has 1 aromatic heterocycles. The van der Waals surface area contributed by atoms with Gasteiger partial charge in [0.05, 0.1) is 19.1 Å². The molecule has 2 unspecified atom stereocenters. The lowest BCUT2D eigenvalue weighted by molar-refractivity contribution is -0.120. The maximum Gasteiger partial charge on any atom is 0.232 e. The van der Waals surface area contributed by atoms with Crippen LogP contribution in [-0.4, -0.2) is 37.4 Å². The van der Waals surface area contributed by atoms with Crippen LogP contribution in [0.5, 0.6) is 0 Å². The van der Waals surface area contributed by atoms with E-state index >= 15 is 0 Å². The molecule has 15 heavy (non-hydrogen) atoms. The molecule has 0 saturated carbocycles. The molecule has 6 heteroatoms. The number of nitrogens with one attached hydrogen (secondary N) is 2. The molecule has 1 aromatic rings. The van der Waals surface area contributed by atoms with Gasteiger partial charge in [-0.2, -0.15) is 0 Å². The molecule has 0 spiro atoms. The van der Waals surface area contributed by atoms with Gasteiger partial charge in [-0.1, -0.05) is 5.16 Å². The Bertz CT molecular complexity index is 325. The monoisotopic (exact) mass is 211 g/mol. The number of ether oxygens (including phenoxy) is 1. The van der Waals surface area contributed by atoms with Crippen molar-refractivity contribution in [3.8, 4) is 0 Å². The van der Waals surface area contributed by atoms with Gasteiger partial charge in [0, 0.05) is 12.1 Å². The Morgan fingerprint density at radius 2 is 2.47 bits per heavy atom. The molecule has 1 aliphatic rings. The van der Waals surface area contributed by atoms with Crippen LogP contribution >= 0.6 is 0 Å². The number of carbonyl (C=O) groups excluding carboxylic acids is 1. The van der Waals surface area contributed by atoms with Crippen molar-refractivity contribution >= 4 is 11.7 Å². The van der Waals surface area contributed by atoms with Crippen molar-refractivity contribution in [1.82, 2.24) is 10.5 Å². The topological polar surface area (TPSA) is 76.4 Å². The third-order valence-corrected chi connectivity index (χ3v) is 2.48. The highest BCUT2D eigenvalue weighted by atomic mass is 16.5. The van der Waals surface area contributed by atoms with Crippen LogP contribution < -0.4 is 10.6 Å². The summed E-state index contributed by atoms with van der Waals surface area (Å²) in [7, 11) is 1.82. The van der Waals surface area contributed by atoms with Crippen molar-refractivity contribution in [3.63, 3.8) is 0 Å². The molecule has 2 heterocycles. The minimum absolute atomic E-state index is 0.0666. The van der Waals surface area contributed by atoms with E-state index in [2.05, 4.69) is 20.3 Å². The van der Waals surface area contributed by atoms with E-state index in [1.807, 2.05) is 7.05 Å². The highest BCUT2D eigenvalue weighted by Crippen LogP contribution is 2.15. The zero-order valence-corrected chi connectivity index (χ0v) is 8.40. The molecule has 0 radical (unpaired) electrons. The summed E-state index contributed by atoms with van der Waals surface area (Å²) in [6, 6.07) is 1.67. The average molecular weight is 211 g/mol. The fourth-order valence-electron chi connectivity index (χ4n) is 1.59. The van der Waals surface area contributed by atoms with Gasteiger partial charge in [-0.15, -0.1) is 0 Å². The summed E-state index contributed by atoms with van der Waals surface area (Å²) >= 11 is 0. The molecule has 1 amide bonds. The predicted octanol–water partition coefficient (Wildman–Crippen LogP) is -0.153. The molecule has 1 aliphatic heterocycles. The molecule has 6 nitrogen and oxygen atoms in total. The first-order valence-electron chi connectivity index (χ1n) is 4.77. The van der Waals surface area contributed by atoms with Crippen LogP contribution in [0.2, 0.25) is 0 Å². The number of rotatable bonds is 3. The maximum absolute atomic E-state index is 11.8. The standard InChI is InChI=1S/C9H13N3O3/c1-10-7-5-14-4-6(7)9(13)11-8-2-3-15-12-8/h2-3,6-7,10H,4-5H2,1H3,(H,11,12,13). The minimum atomic E-state index is -0.174. The van der Waals surface area contributed by atoms with Crippen molar-refractivity contribution in [3.05, 3.63) is 12.3 Å². The molecule has 2 rings (SSSR count). The molecular weight excluding hydrogens is 198 g/mol. The Balaban J connectivity index is 1.96. The van der Waals surface area contributed by atoms with Gasteiger partial charge in [-0.25, -0.2) is 0 Å². The summed E-state index contributed by atoms with van der Waals surface area (Å²) in [4.78, 5) is 11.8. The van der Waals surface area contributed by atoms with Crippen LogP contribution in [0.3, 0.4) is 0 Å². The summed E-state index contributed by atoms with van der Waals surface area (Å²) < 4.78 is 9.85. The molecule has 1 fully saturated rings. The average Bonchev–Trinajstić information content (AvgIpc) is 2.86. The molecule has 0 bridgehead atoms. The van der Waals surface area contributed by atoms with Crippen LogP contribution in [0.15, 0.2) is 16.9 Å². The minimum Gasteiger partial charge on any atom is -0.379 e. The Labute approximate surface area is 87.0 Å². The van der Waals surface area contributed by atoms with Gasteiger partial charge in [-0.05, 0) is 7.05 Å². The van der Waals surface area contributed by atoms with Crippen LogP contribution in [0.1, 0.15) is 0 Å². The Kier molecular flexibility index (Phi) is 2.98. The first kappa shape index (κ1) is 10.1. The van der Waals surface area contributed by atoms with Gasteiger partial charge in [0.15, 0.2) is 5.82 Å². The molecule has 0 aromatic carbocycles. The number of hydrogen-bond acceptors (Lipinski definition) is 5. The number of nitrogens with zero attached hydrogens (tertiary/aromatic N) is 1. The van der Waals surface area contributed by atoms with E-state index in [1.165, 1.54) is 6.26 Å². The number of aromatic nitrogens is 1. The molecule has 2 N–H and O–H groups in total. The SMILES string of the molecule is CNC1COCC1C(=O)Nc1ccon1. The Morgan fingerprint density at radius 3 is 3.13 bits per heavy atom. The fraction of sp³-hybridized carbons (Fsp3) is 0.556. The highest BCUT2D eigenvalue weighted by molar-refractivity contribution is 5.92. The lowest BCUT2D eigenvalue weighted by Gasteiger charge is -2.14. The van der Waals surface area contributed by atoms with Gasteiger partial charge in [0.2, 0.25) is 5.91 Å². The van der Waals surface area contributed by atoms with Gasteiger partial charge < -0.3 is 19.9 Å². The predicted molar refractivity (Wildman–Crippen MR) is 52.3 cm³/mol. The van der Waals surface area contributed by atoms with Gasteiger partial charge in [-0.3, -0.25) is 4.79 Å². The normalized spacial score (nSPS) is 25.4. The van der Waals surface area contributed by atoms with Crippen molar-refractivity contribution in [2.75, 3.05) is 25.6 Å². The first-order valence-corrected chi connectivity index (χ1v) is 4.77. The molecule has 1 saturated heterocycles. The van der Waals surface area contributed by atoms with Crippen LogP contribution in [0, 0.1) is 5.92 Å². The largest absolute Gasteiger partial charge is 0.379 e. The maximum atomic E-state index is 11.8. The van der Waals surface area contributed by atoms with Crippen LogP contribution in [-0.2, 0) is 9.53 Å². The van der Waals surface area contributed by atoms with Crippen LogP contribution in [0.4, 0.5) is 5.82 Å². The zero-order valence-electron chi connectivity index (χ0n) is 8.40.